The van der Waals surface area contributed by atoms with Crippen LogP contribution < -0.4 is 10.1 Å². The number of benzene rings is 1. The van der Waals surface area contributed by atoms with Crippen LogP contribution in [0.25, 0.3) is 11.1 Å². The molecule has 9 heteroatoms. The summed E-state index contributed by atoms with van der Waals surface area (Å²) in [7, 11) is 1.70. The number of likely N-dealkylation sites (N-methyl/N-ethyl adjacent to an activating group) is 1. The number of hydrogen-bond donors (Lipinski definition) is 2. The molecule has 2 aromatic rings. The van der Waals surface area contributed by atoms with Crippen molar-refractivity contribution in [1.29, 1.82) is 0 Å². The van der Waals surface area contributed by atoms with Gasteiger partial charge in [-0.1, -0.05) is 26.0 Å². The van der Waals surface area contributed by atoms with Gasteiger partial charge >= 0.3 is 6.03 Å². The fraction of sp³-hybridized carbons (Fsp3) is 0.480. The standard InChI is InChI=1S/C25H33FN4O4/c1-5-10-27-25(33)29(4)14-22-16(2)13-30(17(3)15-31)24(32)21-11-19(12-28-23(21)34-22)18-6-8-20(26)9-7-18/h6-9,11-12,16-17,22,31H,5,10,13-15H2,1-4H3,(H,27,33)/t16-,17-,22+/m1/s1. The number of amides is 3. The maximum absolute atomic E-state index is 13.5. The van der Waals surface area contributed by atoms with Crippen molar-refractivity contribution >= 4 is 11.9 Å². The van der Waals surface area contributed by atoms with Crippen LogP contribution in [0.2, 0.25) is 0 Å². The number of ether oxygens (including phenoxy) is 1. The van der Waals surface area contributed by atoms with Crippen molar-refractivity contribution in [3.05, 3.63) is 47.9 Å². The second-order valence-electron chi connectivity index (χ2n) is 8.82. The van der Waals surface area contributed by atoms with Gasteiger partial charge in [0.25, 0.3) is 5.91 Å². The summed E-state index contributed by atoms with van der Waals surface area (Å²) >= 11 is 0. The van der Waals surface area contributed by atoms with Crippen molar-refractivity contribution in [2.24, 2.45) is 5.92 Å². The first-order valence-corrected chi connectivity index (χ1v) is 11.6. The Bertz CT molecular complexity index is 1000. The van der Waals surface area contributed by atoms with Gasteiger partial charge in [0.15, 0.2) is 0 Å². The summed E-state index contributed by atoms with van der Waals surface area (Å²) in [6.45, 7) is 6.74. The fourth-order valence-electron chi connectivity index (χ4n) is 3.84. The third kappa shape index (κ3) is 5.83. The van der Waals surface area contributed by atoms with Crippen LogP contribution in [0, 0.1) is 11.7 Å². The van der Waals surface area contributed by atoms with E-state index in [1.165, 1.54) is 12.1 Å². The van der Waals surface area contributed by atoms with E-state index in [1.54, 1.807) is 48.2 Å². The Morgan fingerprint density at radius 2 is 2.06 bits per heavy atom. The van der Waals surface area contributed by atoms with Crippen molar-refractivity contribution in [2.75, 3.05) is 33.3 Å². The lowest BCUT2D eigenvalue weighted by atomic mass is 9.99. The van der Waals surface area contributed by atoms with Crippen LogP contribution in [0.4, 0.5) is 9.18 Å². The lowest BCUT2D eigenvalue weighted by molar-refractivity contribution is 0.0352. The third-order valence-electron chi connectivity index (χ3n) is 6.03. The molecule has 1 aromatic carbocycles. The van der Waals surface area contributed by atoms with Gasteiger partial charge in [0, 0.05) is 37.8 Å². The molecule has 0 aliphatic carbocycles. The third-order valence-corrected chi connectivity index (χ3v) is 6.03. The number of aliphatic hydroxyl groups is 1. The van der Waals surface area contributed by atoms with E-state index in [0.717, 1.165) is 6.42 Å². The summed E-state index contributed by atoms with van der Waals surface area (Å²) in [6, 6.07) is 7.01. The van der Waals surface area contributed by atoms with Crippen LogP contribution in [0.3, 0.4) is 0 Å². The highest BCUT2D eigenvalue weighted by Gasteiger charge is 2.34. The molecule has 1 aliphatic rings. The predicted octanol–water partition coefficient (Wildman–Crippen LogP) is 3.16. The van der Waals surface area contributed by atoms with Crippen LogP contribution in [0.5, 0.6) is 5.88 Å². The number of carbonyl (C=O) groups is 2. The molecule has 34 heavy (non-hydrogen) atoms. The first-order valence-electron chi connectivity index (χ1n) is 11.6. The molecule has 2 heterocycles. The molecule has 0 saturated heterocycles. The van der Waals surface area contributed by atoms with E-state index in [1.807, 2.05) is 13.8 Å². The smallest absolute Gasteiger partial charge is 0.317 e. The molecule has 3 rings (SSSR count). The summed E-state index contributed by atoms with van der Waals surface area (Å²) in [5.74, 6) is -0.613. The van der Waals surface area contributed by atoms with Crippen molar-refractivity contribution in [3.63, 3.8) is 0 Å². The molecule has 0 spiro atoms. The summed E-state index contributed by atoms with van der Waals surface area (Å²) in [4.78, 5) is 33.5. The van der Waals surface area contributed by atoms with Crippen molar-refractivity contribution in [3.8, 4) is 17.0 Å². The molecule has 3 atom stereocenters. The Balaban J connectivity index is 1.97. The maximum Gasteiger partial charge on any atom is 0.317 e. The number of nitrogens with one attached hydrogen (secondary N) is 1. The van der Waals surface area contributed by atoms with Gasteiger partial charge in [-0.2, -0.15) is 0 Å². The van der Waals surface area contributed by atoms with Gasteiger partial charge in [0.2, 0.25) is 5.88 Å². The quantitative estimate of drug-likeness (QED) is 0.646. The molecule has 0 unspecified atom stereocenters. The van der Waals surface area contributed by atoms with Gasteiger partial charge in [-0.25, -0.2) is 14.2 Å². The van der Waals surface area contributed by atoms with Gasteiger partial charge in [0.1, 0.15) is 17.5 Å². The van der Waals surface area contributed by atoms with Gasteiger partial charge in [0.05, 0.1) is 19.2 Å². The molecule has 2 N–H and O–H groups in total. The highest BCUT2D eigenvalue weighted by atomic mass is 19.1. The normalized spacial score (nSPS) is 18.9. The molecular formula is C25H33FN4O4. The molecule has 0 fully saturated rings. The monoisotopic (exact) mass is 472 g/mol. The number of aliphatic hydroxyl groups excluding tert-OH is 1. The minimum Gasteiger partial charge on any atom is -0.472 e. The summed E-state index contributed by atoms with van der Waals surface area (Å²) < 4.78 is 19.6. The summed E-state index contributed by atoms with van der Waals surface area (Å²) in [5, 5.41) is 12.6. The number of pyridine rings is 1. The topological polar surface area (TPSA) is 95.0 Å². The Hall–Kier alpha value is -3.20. The number of carbonyl (C=O) groups excluding carboxylic acids is 2. The van der Waals surface area contributed by atoms with Gasteiger partial charge < -0.3 is 25.0 Å². The molecular weight excluding hydrogens is 439 g/mol. The van der Waals surface area contributed by atoms with E-state index in [2.05, 4.69) is 10.3 Å². The zero-order chi connectivity index (χ0) is 24.8. The van der Waals surface area contributed by atoms with Crippen molar-refractivity contribution in [2.45, 2.75) is 39.3 Å². The van der Waals surface area contributed by atoms with Crippen molar-refractivity contribution in [1.82, 2.24) is 20.1 Å². The molecule has 1 aromatic heterocycles. The minimum atomic E-state index is -0.429. The highest BCUT2D eigenvalue weighted by Crippen LogP contribution is 2.30. The van der Waals surface area contributed by atoms with Crippen LogP contribution in [-0.2, 0) is 0 Å². The second-order valence-corrected chi connectivity index (χ2v) is 8.82. The minimum absolute atomic E-state index is 0.133. The first kappa shape index (κ1) is 25.4. The molecule has 1 aliphatic heterocycles. The Labute approximate surface area is 199 Å². The number of hydrogen-bond acceptors (Lipinski definition) is 5. The van der Waals surface area contributed by atoms with E-state index >= 15 is 0 Å². The van der Waals surface area contributed by atoms with Crippen molar-refractivity contribution < 1.29 is 23.8 Å². The zero-order valence-corrected chi connectivity index (χ0v) is 20.1. The van der Waals surface area contributed by atoms with Crippen LogP contribution >= 0.6 is 0 Å². The zero-order valence-electron chi connectivity index (χ0n) is 20.1. The maximum atomic E-state index is 13.5. The van der Waals surface area contributed by atoms with Gasteiger partial charge in [-0.3, -0.25) is 4.79 Å². The number of urea groups is 1. The molecule has 184 valence electrons. The van der Waals surface area contributed by atoms with E-state index in [-0.39, 0.29) is 41.7 Å². The van der Waals surface area contributed by atoms with E-state index in [4.69, 9.17) is 4.74 Å². The SMILES string of the molecule is CCCNC(=O)N(C)C[C@@H]1Oc2ncc(-c3ccc(F)cc3)cc2C(=O)N([C@H](C)CO)C[C@H]1C. The van der Waals surface area contributed by atoms with Gasteiger partial charge in [-0.15, -0.1) is 0 Å². The number of rotatable bonds is 7. The number of fused-ring (bicyclic) bond motifs is 1. The Morgan fingerprint density at radius 1 is 1.35 bits per heavy atom. The predicted molar refractivity (Wildman–Crippen MR) is 127 cm³/mol. The van der Waals surface area contributed by atoms with Gasteiger partial charge in [-0.05, 0) is 37.1 Å². The Morgan fingerprint density at radius 3 is 2.71 bits per heavy atom. The van der Waals surface area contributed by atoms with E-state index in [9.17, 15) is 19.1 Å². The van der Waals surface area contributed by atoms with E-state index < -0.39 is 12.1 Å². The fourth-order valence-corrected chi connectivity index (χ4v) is 3.84. The van der Waals surface area contributed by atoms with Crippen LogP contribution in [0.1, 0.15) is 37.6 Å². The number of nitrogens with zero attached hydrogens (tertiary/aromatic N) is 3. The van der Waals surface area contributed by atoms with Crippen LogP contribution in [-0.4, -0.2) is 77.3 Å². The average molecular weight is 473 g/mol. The molecule has 8 nitrogen and oxygen atoms in total. The average Bonchev–Trinajstić information content (AvgIpc) is 2.84. The molecule has 0 radical (unpaired) electrons. The first-order chi connectivity index (χ1) is 16.2. The lowest BCUT2D eigenvalue weighted by Crippen LogP contribution is -2.51. The summed E-state index contributed by atoms with van der Waals surface area (Å²) in [6.07, 6.45) is 1.99. The molecule has 0 bridgehead atoms. The van der Waals surface area contributed by atoms with E-state index in [0.29, 0.717) is 30.8 Å². The number of halogens is 1. The molecule has 0 saturated carbocycles. The second kappa shape index (κ2) is 11.3. The molecule has 3 amide bonds. The number of aromatic nitrogens is 1. The summed E-state index contributed by atoms with van der Waals surface area (Å²) in [5.41, 5.74) is 1.62. The Kier molecular flexibility index (Phi) is 8.44. The lowest BCUT2D eigenvalue weighted by Gasteiger charge is -2.37. The van der Waals surface area contributed by atoms with Crippen LogP contribution in [0.15, 0.2) is 36.5 Å². The largest absolute Gasteiger partial charge is 0.472 e. The highest BCUT2D eigenvalue weighted by molar-refractivity contribution is 5.98.